The summed E-state index contributed by atoms with van der Waals surface area (Å²) in [6.07, 6.45) is 2.82. The van der Waals surface area contributed by atoms with Crippen LogP contribution in [0.25, 0.3) is 0 Å². The third-order valence-electron chi connectivity index (χ3n) is 2.41. The number of nitrogens with one attached hydrogen (secondary N) is 1. The fourth-order valence-electron chi connectivity index (χ4n) is 1.50. The van der Waals surface area contributed by atoms with E-state index in [-0.39, 0.29) is 12.3 Å². The van der Waals surface area contributed by atoms with Crippen LogP contribution in [0.4, 0.5) is 5.69 Å². The minimum atomic E-state index is -0.416. The van der Waals surface area contributed by atoms with Crippen molar-refractivity contribution in [1.29, 1.82) is 0 Å². The van der Waals surface area contributed by atoms with Crippen molar-refractivity contribution in [2.45, 2.75) is 6.42 Å². The smallest absolute Gasteiger partial charge is 0.337 e. The molecule has 0 spiro atoms. The Bertz CT molecular complexity index is 561. The molecule has 1 N–H and O–H groups in total. The predicted octanol–water partition coefficient (Wildman–Crippen LogP) is 1.64. The van der Waals surface area contributed by atoms with Crippen molar-refractivity contribution in [2.75, 3.05) is 12.4 Å². The monoisotopic (exact) mass is 260 g/mol. The number of benzene rings is 1. The Morgan fingerprint density at radius 3 is 2.63 bits per heavy atom. The largest absolute Gasteiger partial charge is 0.465 e. The van der Waals surface area contributed by atoms with Crippen molar-refractivity contribution in [3.8, 4) is 0 Å². The lowest BCUT2D eigenvalue weighted by molar-refractivity contribution is -0.115. The second-order valence-electron chi connectivity index (χ2n) is 3.77. The van der Waals surface area contributed by atoms with E-state index in [1.807, 2.05) is 0 Å². The van der Waals surface area contributed by atoms with Gasteiger partial charge in [-0.3, -0.25) is 4.79 Å². The Labute approximate surface area is 109 Å². The fourth-order valence-corrected chi connectivity index (χ4v) is 1.50. The summed E-state index contributed by atoms with van der Waals surface area (Å²) >= 11 is 0. The molecule has 98 valence electrons. The molecule has 1 amide bonds. The van der Waals surface area contributed by atoms with Crippen LogP contribution >= 0.6 is 0 Å². The molecule has 1 aromatic carbocycles. The molecule has 0 saturated heterocycles. The van der Waals surface area contributed by atoms with Gasteiger partial charge in [0.15, 0.2) is 6.39 Å². The highest BCUT2D eigenvalue weighted by atomic mass is 16.5. The molecule has 6 nitrogen and oxygen atoms in total. The van der Waals surface area contributed by atoms with Gasteiger partial charge >= 0.3 is 5.97 Å². The molecule has 0 aliphatic rings. The van der Waals surface area contributed by atoms with E-state index in [9.17, 15) is 9.59 Å². The van der Waals surface area contributed by atoms with Crippen LogP contribution in [0.1, 0.15) is 16.1 Å². The molecule has 0 unspecified atom stereocenters. The molecular formula is C13H12N2O4. The third kappa shape index (κ3) is 3.41. The van der Waals surface area contributed by atoms with Crippen molar-refractivity contribution in [3.05, 3.63) is 48.2 Å². The Hall–Kier alpha value is -2.63. The molecule has 1 heterocycles. The van der Waals surface area contributed by atoms with Crippen LogP contribution in [-0.4, -0.2) is 24.0 Å². The summed E-state index contributed by atoms with van der Waals surface area (Å²) in [5, 5.41) is 2.69. The van der Waals surface area contributed by atoms with Crippen molar-refractivity contribution < 1.29 is 18.7 Å². The number of nitrogens with zero attached hydrogens (tertiary/aromatic N) is 1. The Morgan fingerprint density at radius 1 is 1.32 bits per heavy atom. The molecule has 6 heteroatoms. The topological polar surface area (TPSA) is 81.4 Å². The van der Waals surface area contributed by atoms with Gasteiger partial charge in [-0.25, -0.2) is 9.78 Å². The number of rotatable bonds is 4. The number of anilines is 1. The molecule has 0 radical (unpaired) electrons. The second-order valence-corrected chi connectivity index (χ2v) is 3.77. The number of esters is 1. The number of ether oxygens (including phenoxy) is 1. The number of aromatic nitrogens is 1. The Morgan fingerprint density at radius 2 is 2.05 bits per heavy atom. The molecule has 19 heavy (non-hydrogen) atoms. The standard InChI is InChI=1S/C13H12N2O4/c1-18-13(17)9-2-4-10(5-3-9)15-12(16)6-11-7-19-8-14-11/h2-5,7-8H,6H2,1H3,(H,15,16). The van der Waals surface area contributed by atoms with Gasteiger partial charge in [-0.15, -0.1) is 0 Å². The molecule has 0 aliphatic heterocycles. The number of amides is 1. The van der Waals surface area contributed by atoms with Gasteiger partial charge in [0.1, 0.15) is 6.26 Å². The Kier molecular flexibility index (Phi) is 3.92. The summed E-state index contributed by atoms with van der Waals surface area (Å²) in [6.45, 7) is 0. The normalized spacial score (nSPS) is 9.95. The van der Waals surface area contributed by atoms with Gasteiger partial charge in [0, 0.05) is 5.69 Å². The number of carbonyl (C=O) groups excluding carboxylic acids is 2. The quantitative estimate of drug-likeness (QED) is 0.845. The molecule has 0 atom stereocenters. The SMILES string of the molecule is COC(=O)c1ccc(NC(=O)Cc2cocn2)cc1. The maximum absolute atomic E-state index is 11.7. The number of hydrogen-bond acceptors (Lipinski definition) is 5. The first kappa shape index (κ1) is 12.8. The summed E-state index contributed by atoms with van der Waals surface area (Å²) in [4.78, 5) is 26.8. The van der Waals surface area contributed by atoms with E-state index in [4.69, 9.17) is 4.42 Å². The number of carbonyl (C=O) groups is 2. The van der Waals surface area contributed by atoms with Crippen LogP contribution in [0.2, 0.25) is 0 Å². The van der Waals surface area contributed by atoms with Crippen LogP contribution in [0.15, 0.2) is 41.3 Å². The van der Waals surface area contributed by atoms with Gasteiger partial charge < -0.3 is 14.5 Å². The van der Waals surface area contributed by atoms with Gasteiger partial charge in [0.2, 0.25) is 5.91 Å². The molecular weight excluding hydrogens is 248 g/mol. The van der Waals surface area contributed by atoms with E-state index in [1.165, 1.54) is 19.8 Å². The van der Waals surface area contributed by atoms with Crippen LogP contribution in [0, 0.1) is 0 Å². The third-order valence-corrected chi connectivity index (χ3v) is 2.41. The zero-order valence-electron chi connectivity index (χ0n) is 10.3. The summed E-state index contributed by atoms with van der Waals surface area (Å²) in [7, 11) is 1.32. The van der Waals surface area contributed by atoms with E-state index in [0.717, 1.165) is 0 Å². The van der Waals surface area contributed by atoms with Crippen LogP contribution < -0.4 is 5.32 Å². The van der Waals surface area contributed by atoms with Gasteiger partial charge in [0.05, 0.1) is 24.8 Å². The van der Waals surface area contributed by atoms with E-state index in [2.05, 4.69) is 15.0 Å². The van der Waals surface area contributed by atoms with Crippen molar-refractivity contribution >= 4 is 17.6 Å². The number of methoxy groups -OCH3 is 1. The molecule has 2 aromatic rings. The summed E-state index contributed by atoms with van der Waals surface area (Å²) in [5.74, 6) is -0.625. The van der Waals surface area contributed by atoms with Crippen LogP contribution in [0.5, 0.6) is 0 Å². The maximum atomic E-state index is 11.7. The highest BCUT2D eigenvalue weighted by Gasteiger charge is 2.08. The first-order valence-electron chi connectivity index (χ1n) is 5.54. The lowest BCUT2D eigenvalue weighted by atomic mass is 10.2. The van der Waals surface area contributed by atoms with E-state index in [0.29, 0.717) is 16.9 Å². The average Bonchev–Trinajstić information content (AvgIpc) is 2.91. The van der Waals surface area contributed by atoms with Gasteiger partial charge in [-0.1, -0.05) is 0 Å². The first-order chi connectivity index (χ1) is 9.19. The number of hydrogen-bond donors (Lipinski definition) is 1. The van der Waals surface area contributed by atoms with Crippen molar-refractivity contribution in [3.63, 3.8) is 0 Å². The molecule has 0 aliphatic carbocycles. The fraction of sp³-hybridized carbons (Fsp3) is 0.154. The van der Waals surface area contributed by atoms with Crippen LogP contribution in [-0.2, 0) is 16.0 Å². The average molecular weight is 260 g/mol. The predicted molar refractivity (Wildman–Crippen MR) is 66.6 cm³/mol. The second kappa shape index (κ2) is 5.81. The zero-order valence-corrected chi connectivity index (χ0v) is 10.3. The lowest BCUT2D eigenvalue weighted by Gasteiger charge is -2.04. The highest BCUT2D eigenvalue weighted by Crippen LogP contribution is 2.11. The molecule has 0 fully saturated rings. The summed E-state index contributed by atoms with van der Waals surface area (Å²) in [6, 6.07) is 6.43. The van der Waals surface area contributed by atoms with E-state index >= 15 is 0 Å². The summed E-state index contributed by atoms with van der Waals surface area (Å²) in [5.41, 5.74) is 1.59. The molecule has 0 bridgehead atoms. The number of oxazole rings is 1. The van der Waals surface area contributed by atoms with Gasteiger partial charge in [-0.05, 0) is 24.3 Å². The molecule has 2 rings (SSSR count). The van der Waals surface area contributed by atoms with Gasteiger partial charge in [-0.2, -0.15) is 0 Å². The molecule has 0 saturated carbocycles. The molecule has 1 aromatic heterocycles. The van der Waals surface area contributed by atoms with Crippen LogP contribution in [0.3, 0.4) is 0 Å². The van der Waals surface area contributed by atoms with Crippen molar-refractivity contribution in [1.82, 2.24) is 4.98 Å². The zero-order chi connectivity index (χ0) is 13.7. The minimum Gasteiger partial charge on any atom is -0.465 e. The lowest BCUT2D eigenvalue weighted by Crippen LogP contribution is -2.14. The highest BCUT2D eigenvalue weighted by molar-refractivity contribution is 5.93. The van der Waals surface area contributed by atoms with Crippen molar-refractivity contribution in [2.24, 2.45) is 0 Å². The Balaban J connectivity index is 1.96. The minimum absolute atomic E-state index is 0.134. The van der Waals surface area contributed by atoms with E-state index < -0.39 is 5.97 Å². The summed E-state index contributed by atoms with van der Waals surface area (Å²) < 4.78 is 9.36. The van der Waals surface area contributed by atoms with Gasteiger partial charge in [0.25, 0.3) is 0 Å². The maximum Gasteiger partial charge on any atom is 0.337 e. The first-order valence-corrected chi connectivity index (χ1v) is 5.54. The van der Waals surface area contributed by atoms with E-state index in [1.54, 1.807) is 24.3 Å².